The van der Waals surface area contributed by atoms with Crippen LogP contribution in [0.1, 0.15) is 30.9 Å². The molecule has 2 rings (SSSR count). The summed E-state index contributed by atoms with van der Waals surface area (Å²) in [5.74, 6) is 0.487. The molecule has 2 heteroatoms. The summed E-state index contributed by atoms with van der Waals surface area (Å²) in [5, 5.41) is 0. The van der Waals surface area contributed by atoms with Gasteiger partial charge in [0.2, 0.25) is 0 Å². The molecule has 0 amide bonds. The van der Waals surface area contributed by atoms with Crippen molar-refractivity contribution in [2.45, 2.75) is 38.2 Å². The summed E-state index contributed by atoms with van der Waals surface area (Å²) in [6, 6.07) is 21.5. The van der Waals surface area contributed by atoms with E-state index in [0.29, 0.717) is 5.92 Å². The van der Waals surface area contributed by atoms with Crippen LogP contribution in [-0.4, -0.2) is 16.1 Å². The Morgan fingerprint density at radius 3 is 2.09 bits per heavy atom. The molecule has 2 atom stereocenters. The van der Waals surface area contributed by atoms with E-state index >= 15 is 0 Å². The van der Waals surface area contributed by atoms with Crippen molar-refractivity contribution in [1.29, 1.82) is 0 Å². The van der Waals surface area contributed by atoms with Gasteiger partial charge in [-0.2, -0.15) is 0 Å². The van der Waals surface area contributed by atoms with Crippen molar-refractivity contribution in [3.8, 4) is 0 Å². The van der Waals surface area contributed by atoms with E-state index < -0.39 is 0 Å². The van der Waals surface area contributed by atoms with Crippen LogP contribution in [0.15, 0.2) is 73.3 Å². The molecule has 2 aromatic rings. The van der Waals surface area contributed by atoms with E-state index in [1.54, 1.807) is 0 Å². The molecule has 0 aliphatic rings. The maximum absolute atomic E-state index is 6.28. The summed E-state index contributed by atoms with van der Waals surface area (Å²) in [5.41, 5.74) is 2.59. The van der Waals surface area contributed by atoms with Crippen LogP contribution in [0.4, 0.5) is 0 Å². The van der Waals surface area contributed by atoms with Crippen molar-refractivity contribution in [2.75, 3.05) is 0 Å². The molecule has 0 saturated heterocycles. The second-order valence-electron chi connectivity index (χ2n) is 6.22. The molecule has 0 saturated carbocycles. The van der Waals surface area contributed by atoms with E-state index in [4.69, 9.17) is 4.43 Å². The van der Waals surface area contributed by atoms with Crippen LogP contribution in [0.3, 0.4) is 0 Å². The number of hydrogen-bond acceptors (Lipinski definition) is 1. The van der Waals surface area contributed by atoms with Crippen LogP contribution >= 0.6 is 0 Å². The van der Waals surface area contributed by atoms with E-state index in [2.05, 4.69) is 74.2 Å². The van der Waals surface area contributed by atoms with Crippen LogP contribution in [0, 0.1) is 5.92 Å². The van der Waals surface area contributed by atoms with Crippen molar-refractivity contribution in [3.63, 3.8) is 0 Å². The lowest BCUT2D eigenvalue weighted by molar-refractivity contribution is 0.0158. The average molecular weight is 325 g/mol. The van der Waals surface area contributed by atoms with Gasteiger partial charge in [-0.3, -0.25) is 0 Å². The van der Waals surface area contributed by atoms with Crippen LogP contribution in [0.2, 0.25) is 0 Å². The van der Waals surface area contributed by atoms with Crippen LogP contribution in [0.25, 0.3) is 0 Å². The summed E-state index contributed by atoms with van der Waals surface area (Å²) in [6.45, 7) is 6.27. The third-order valence-corrected chi connectivity index (χ3v) is 5.62. The van der Waals surface area contributed by atoms with Gasteiger partial charge in [0.1, 0.15) is 10.5 Å². The molecule has 0 fully saturated rings. The molecule has 122 valence electrons. The Balaban J connectivity index is 2.28. The number of benzene rings is 2. The van der Waals surface area contributed by atoms with E-state index in [1.165, 1.54) is 11.1 Å². The zero-order chi connectivity index (χ0) is 16.5. The molecular formula is C21H28OSi. The summed E-state index contributed by atoms with van der Waals surface area (Å²) >= 11 is 0. The zero-order valence-electron chi connectivity index (χ0n) is 14.4. The van der Waals surface area contributed by atoms with E-state index in [-0.39, 0.29) is 5.60 Å². The molecule has 0 heterocycles. The van der Waals surface area contributed by atoms with E-state index in [9.17, 15) is 0 Å². The topological polar surface area (TPSA) is 9.23 Å². The largest absolute Gasteiger partial charge is 0.422 e. The second kappa shape index (κ2) is 8.85. The fourth-order valence-electron chi connectivity index (χ4n) is 3.49. The smallest absolute Gasteiger partial charge is 0.146 e. The first kappa shape index (κ1) is 17.7. The number of rotatable bonds is 9. The molecule has 0 spiro atoms. The van der Waals surface area contributed by atoms with E-state index in [0.717, 1.165) is 36.2 Å². The van der Waals surface area contributed by atoms with Gasteiger partial charge in [-0.05, 0) is 29.9 Å². The predicted octanol–water partition coefficient (Wildman–Crippen LogP) is 4.11. The first-order chi connectivity index (χ1) is 11.2. The maximum Gasteiger partial charge on any atom is 0.146 e. The minimum absolute atomic E-state index is 0.139. The summed E-state index contributed by atoms with van der Waals surface area (Å²) in [6.07, 6.45) is 6.04. The zero-order valence-corrected chi connectivity index (χ0v) is 16.4. The normalized spacial score (nSPS) is 15.0. The monoisotopic (exact) mass is 324 g/mol. The van der Waals surface area contributed by atoms with Crippen molar-refractivity contribution in [2.24, 2.45) is 5.92 Å². The fraction of sp³-hybridized carbons (Fsp3) is 0.333. The Hall–Kier alpha value is -1.64. The van der Waals surface area contributed by atoms with Gasteiger partial charge in [0.05, 0.1) is 5.60 Å². The Morgan fingerprint density at radius 1 is 1.04 bits per heavy atom. The molecule has 0 radical (unpaired) electrons. The van der Waals surface area contributed by atoms with Gasteiger partial charge < -0.3 is 4.43 Å². The van der Waals surface area contributed by atoms with Gasteiger partial charge in [-0.15, -0.1) is 6.58 Å². The lowest BCUT2D eigenvalue weighted by atomic mass is 9.75. The molecule has 1 nitrogen and oxygen atoms in total. The molecule has 0 bridgehead atoms. The van der Waals surface area contributed by atoms with Gasteiger partial charge in [-0.1, -0.05) is 80.1 Å². The Kier molecular flexibility index (Phi) is 6.81. The summed E-state index contributed by atoms with van der Waals surface area (Å²) in [7, 11) is 0.743. The van der Waals surface area contributed by atoms with Crippen LogP contribution in [0.5, 0.6) is 0 Å². The SMILES string of the molecule is C=CCC(Cc1ccccc1)(O[SiH3])C(CC)Cc1ccccc1. The minimum Gasteiger partial charge on any atom is -0.422 e. The third-order valence-electron chi connectivity index (χ3n) is 4.80. The van der Waals surface area contributed by atoms with E-state index in [1.807, 2.05) is 6.08 Å². The van der Waals surface area contributed by atoms with Gasteiger partial charge in [0.25, 0.3) is 0 Å². The molecule has 0 aliphatic carbocycles. The maximum atomic E-state index is 6.28. The van der Waals surface area contributed by atoms with Gasteiger partial charge in [0.15, 0.2) is 0 Å². The fourth-order valence-corrected chi connectivity index (χ4v) is 4.14. The van der Waals surface area contributed by atoms with Crippen LogP contribution in [-0.2, 0) is 17.3 Å². The molecule has 0 aliphatic heterocycles. The molecule has 23 heavy (non-hydrogen) atoms. The van der Waals surface area contributed by atoms with Crippen LogP contribution < -0.4 is 0 Å². The second-order valence-corrected chi connectivity index (χ2v) is 6.63. The highest BCUT2D eigenvalue weighted by molar-refractivity contribution is 5.98. The highest BCUT2D eigenvalue weighted by atomic mass is 28.2. The Morgan fingerprint density at radius 2 is 1.61 bits per heavy atom. The highest BCUT2D eigenvalue weighted by Gasteiger charge is 2.36. The quantitative estimate of drug-likeness (QED) is 0.498. The predicted molar refractivity (Wildman–Crippen MR) is 103 cm³/mol. The summed E-state index contributed by atoms with van der Waals surface area (Å²) < 4.78 is 6.28. The third kappa shape index (κ3) is 4.66. The lowest BCUT2D eigenvalue weighted by Gasteiger charge is -2.40. The van der Waals surface area contributed by atoms with Crippen molar-refractivity contribution in [3.05, 3.63) is 84.4 Å². The first-order valence-corrected chi connectivity index (χ1v) is 9.29. The standard InChI is InChI=1S/C21H28OSi/c1-3-15-21(22-23,17-19-13-9-6-10-14-19)20(4-2)16-18-11-7-5-8-12-18/h3,5-14,20H,1,4,15-17H2,2,23H3. The van der Waals surface area contributed by atoms with Gasteiger partial charge in [-0.25, -0.2) is 0 Å². The van der Waals surface area contributed by atoms with Crippen molar-refractivity contribution < 1.29 is 4.43 Å². The molecule has 0 N–H and O–H groups in total. The molecule has 2 aromatic carbocycles. The number of hydrogen-bond donors (Lipinski definition) is 0. The lowest BCUT2D eigenvalue weighted by Crippen LogP contribution is -2.43. The highest BCUT2D eigenvalue weighted by Crippen LogP contribution is 2.34. The van der Waals surface area contributed by atoms with Gasteiger partial charge in [0, 0.05) is 6.42 Å². The van der Waals surface area contributed by atoms with Crippen molar-refractivity contribution in [1.82, 2.24) is 0 Å². The Bertz CT molecular complexity index is 581. The molecule has 0 aromatic heterocycles. The van der Waals surface area contributed by atoms with Crippen molar-refractivity contribution >= 4 is 10.5 Å². The molecule has 2 unspecified atom stereocenters. The minimum atomic E-state index is -0.139. The Labute approximate surface area is 143 Å². The first-order valence-electron chi connectivity index (χ1n) is 8.48. The molecular weight excluding hydrogens is 296 g/mol. The van der Waals surface area contributed by atoms with Gasteiger partial charge >= 0.3 is 0 Å². The summed E-state index contributed by atoms with van der Waals surface area (Å²) in [4.78, 5) is 0. The average Bonchev–Trinajstić information content (AvgIpc) is 2.61.